The van der Waals surface area contributed by atoms with Crippen LogP contribution in [-0.2, 0) is 9.53 Å². The van der Waals surface area contributed by atoms with Crippen LogP contribution in [0.3, 0.4) is 0 Å². The van der Waals surface area contributed by atoms with Crippen LogP contribution in [0.15, 0.2) is 34.9 Å². The molecule has 0 spiro atoms. The van der Waals surface area contributed by atoms with E-state index in [0.717, 1.165) is 0 Å². The van der Waals surface area contributed by atoms with Crippen molar-refractivity contribution in [1.29, 1.82) is 5.26 Å². The first-order chi connectivity index (χ1) is 9.13. The van der Waals surface area contributed by atoms with Crippen LogP contribution in [0.5, 0.6) is 5.75 Å². The number of carbonyl (C=O) groups is 1. The Morgan fingerprint density at radius 2 is 2.16 bits per heavy atom. The molecule has 0 saturated heterocycles. The lowest BCUT2D eigenvalue weighted by atomic mass is 10.2. The predicted molar refractivity (Wildman–Crippen MR) is 74.9 cm³/mol. The molecule has 0 bridgehead atoms. The Morgan fingerprint density at radius 1 is 1.47 bits per heavy atom. The smallest absolute Gasteiger partial charge is 0.351 e. The molecule has 0 amide bonds. The maximum absolute atomic E-state index is 11.5. The summed E-state index contributed by atoms with van der Waals surface area (Å²) in [5, 5.41) is 11.9. The molecule has 1 aromatic carbocycles. The molecule has 0 saturated carbocycles. The lowest BCUT2D eigenvalue weighted by Crippen LogP contribution is -2.11. The number of esters is 1. The maximum atomic E-state index is 11.5. The summed E-state index contributed by atoms with van der Waals surface area (Å²) in [6.45, 7) is 1.86. The molecule has 100 valence electrons. The molecule has 6 heteroatoms. The molecule has 5 nitrogen and oxygen atoms in total. The van der Waals surface area contributed by atoms with E-state index in [-0.39, 0.29) is 17.2 Å². The highest BCUT2D eigenvalue weighted by atomic mass is 32.1. The topological polar surface area (TPSA) is 71.4 Å². The highest BCUT2D eigenvalue weighted by Crippen LogP contribution is 2.26. The van der Waals surface area contributed by atoms with E-state index in [1.807, 2.05) is 6.07 Å². The van der Waals surface area contributed by atoms with Crippen LogP contribution in [0.4, 0.5) is 5.69 Å². The normalized spacial score (nSPS) is 11.1. The largest absolute Gasteiger partial charge is 0.495 e. The summed E-state index contributed by atoms with van der Waals surface area (Å²) in [6, 6.07) is 8.87. The fraction of sp³-hybridized carbons (Fsp3) is 0.231. The number of nitrogens with zero attached hydrogens (tertiary/aromatic N) is 1. The molecule has 0 radical (unpaired) electrons. The van der Waals surface area contributed by atoms with Gasteiger partial charge in [0.1, 0.15) is 11.8 Å². The number of nitriles is 1. The van der Waals surface area contributed by atoms with Crippen LogP contribution >= 0.6 is 12.6 Å². The monoisotopic (exact) mass is 278 g/mol. The Hall–Kier alpha value is -2.13. The number of benzene rings is 1. The van der Waals surface area contributed by atoms with Gasteiger partial charge in [-0.3, -0.25) is 0 Å². The van der Waals surface area contributed by atoms with Gasteiger partial charge in [-0.25, -0.2) is 4.79 Å². The van der Waals surface area contributed by atoms with E-state index in [9.17, 15) is 4.79 Å². The number of anilines is 1. The first-order valence-electron chi connectivity index (χ1n) is 5.54. The molecule has 1 aromatic rings. The second-order valence-electron chi connectivity index (χ2n) is 3.38. The fourth-order valence-corrected chi connectivity index (χ4v) is 1.60. The first kappa shape index (κ1) is 14.9. The van der Waals surface area contributed by atoms with Crippen LogP contribution in [-0.4, -0.2) is 19.7 Å². The number of thiol groups is 1. The van der Waals surface area contributed by atoms with Crippen molar-refractivity contribution < 1.29 is 14.3 Å². The molecule has 1 rings (SSSR count). The van der Waals surface area contributed by atoms with Crippen LogP contribution < -0.4 is 10.1 Å². The van der Waals surface area contributed by atoms with Crippen molar-refractivity contribution >= 4 is 24.3 Å². The van der Waals surface area contributed by atoms with Gasteiger partial charge in [0.15, 0.2) is 5.57 Å². The van der Waals surface area contributed by atoms with Crippen molar-refractivity contribution in [2.24, 2.45) is 0 Å². The highest BCUT2D eigenvalue weighted by Gasteiger charge is 2.15. The summed E-state index contributed by atoms with van der Waals surface area (Å²) >= 11 is 4.12. The van der Waals surface area contributed by atoms with Gasteiger partial charge in [-0.1, -0.05) is 12.1 Å². The number of ether oxygens (including phenoxy) is 2. The average molecular weight is 278 g/mol. The Bertz CT molecular complexity index is 535. The third kappa shape index (κ3) is 3.93. The second-order valence-corrected chi connectivity index (χ2v) is 3.83. The predicted octanol–water partition coefficient (Wildman–Crippen LogP) is 2.34. The van der Waals surface area contributed by atoms with Gasteiger partial charge in [0, 0.05) is 0 Å². The van der Waals surface area contributed by atoms with E-state index < -0.39 is 5.97 Å². The minimum Gasteiger partial charge on any atom is -0.495 e. The Labute approximate surface area is 117 Å². The minimum atomic E-state index is -0.711. The van der Waals surface area contributed by atoms with E-state index in [4.69, 9.17) is 14.7 Å². The van der Waals surface area contributed by atoms with Gasteiger partial charge in [-0.15, -0.1) is 12.6 Å². The molecule has 0 heterocycles. The summed E-state index contributed by atoms with van der Waals surface area (Å²) in [5.41, 5.74) is 0.420. The Balaban J connectivity index is 3.02. The molecular weight excluding hydrogens is 264 g/mol. The zero-order valence-corrected chi connectivity index (χ0v) is 11.5. The van der Waals surface area contributed by atoms with Crippen molar-refractivity contribution in [3.05, 3.63) is 34.9 Å². The third-order valence-electron chi connectivity index (χ3n) is 2.19. The summed E-state index contributed by atoms with van der Waals surface area (Å²) in [7, 11) is 1.53. The van der Waals surface area contributed by atoms with Gasteiger partial charge in [0.25, 0.3) is 0 Å². The van der Waals surface area contributed by atoms with E-state index in [0.29, 0.717) is 11.4 Å². The number of para-hydroxylation sites is 2. The average Bonchev–Trinajstić information content (AvgIpc) is 2.40. The standard InChI is InChI=1S/C13H14N2O3S/c1-3-18-13(16)9(8-14)12(19)15-10-6-4-5-7-11(10)17-2/h4-7,15,19H,3H2,1-2H3. The minimum absolute atomic E-state index is 0.116. The molecule has 0 aliphatic heterocycles. The number of carbonyl (C=O) groups excluding carboxylic acids is 1. The number of hydrogen-bond donors (Lipinski definition) is 2. The van der Waals surface area contributed by atoms with E-state index in [2.05, 4.69) is 17.9 Å². The van der Waals surface area contributed by atoms with Crippen molar-refractivity contribution in [2.75, 3.05) is 19.0 Å². The fourth-order valence-electron chi connectivity index (χ4n) is 1.34. The summed E-state index contributed by atoms with van der Waals surface area (Å²) < 4.78 is 9.92. The number of hydrogen-bond acceptors (Lipinski definition) is 6. The second kappa shape index (κ2) is 7.34. The summed E-state index contributed by atoms with van der Waals surface area (Å²) in [4.78, 5) is 11.5. The quantitative estimate of drug-likeness (QED) is 0.374. The van der Waals surface area contributed by atoms with Gasteiger partial charge in [-0.05, 0) is 19.1 Å². The zero-order chi connectivity index (χ0) is 14.3. The van der Waals surface area contributed by atoms with Crippen molar-refractivity contribution in [3.63, 3.8) is 0 Å². The van der Waals surface area contributed by atoms with Crippen LogP contribution in [0.1, 0.15) is 6.92 Å². The molecular formula is C13H14N2O3S. The number of rotatable bonds is 5. The molecule has 1 N–H and O–H groups in total. The van der Waals surface area contributed by atoms with Gasteiger partial charge < -0.3 is 14.8 Å². The molecule has 0 atom stereocenters. The highest BCUT2D eigenvalue weighted by molar-refractivity contribution is 7.84. The number of nitrogens with one attached hydrogen (secondary N) is 1. The van der Waals surface area contributed by atoms with Gasteiger partial charge in [0.05, 0.1) is 24.4 Å². The molecule has 0 aliphatic carbocycles. The summed E-state index contributed by atoms with van der Waals surface area (Å²) in [6.07, 6.45) is 0. The van der Waals surface area contributed by atoms with E-state index in [1.165, 1.54) is 7.11 Å². The zero-order valence-electron chi connectivity index (χ0n) is 10.6. The SMILES string of the molecule is CCOC(=O)C(C#N)=C(S)Nc1ccccc1OC. The lowest BCUT2D eigenvalue weighted by molar-refractivity contribution is -0.138. The molecule has 0 aliphatic rings. The molecule has 0 fully saturated rings. The van der Waals surface area contributed by atoms with Crippen molar-refractivity contribution in [2.45, 2.75) is 6.92 Å². The van der Waals surface area contributed by atoms with E-state index >= 15 is 0 Å². The maximum Gasteiger partial charge on any atom is 0.351 e. The van der Waals surface area contributed by atoms with Crippen LogP contribution in [0.2, 0.25) is 0 Å². The Morgan fingerprint density at radius 3 is 2.74 bits per heavy atom. The van der Waals surface area contributed by atoms with Gasteiger partial charge in [0.2, 0.25) is 0 Å². The first-order valence-corrected chi connectivity index (χ1v) is 5.99. The molecule has 0 unspecified atom stereocenters. The van der Waals surface area contributed by atoms with Crippen molar-refractivity contribution in [1.82, 2.24) is 0 Å². The van der Waals surface area contributed by atoms with Gasteiger partial charge in [-0.2, -0.15) is 5.26 Å². The summed E-state index contributed by atoms with van der Waals surface area (Å²) in [5.74, 6) is -0.132. The molecule has 0 aromatic heterocycles. The Kier molecular flexibility index (Phi) is 5.76. The van der Waals surface area contributed by atoms with Crippen LogP contribution in [0.25, 0.3) is 0 Å². The van der Waals surface area contributed by atoms with Crippen LogP contribution in [0, 0.1) is 11.3 Å². The van der Waals surface area contributed by atoms with Crippen molar-refractivity contribution in [3.8, 4) is 11.8 Å². The third-order valence-corrected chi connectivity index (χ3v) is 2.52. The van der Waals surface area contributed by atoms with E-state index in [1.54, 1.807) is 31.2 Å². The lowest BCUT2D eigenvalue weighted by Gasteiger charge is -2.11. The number of methoxy groups -OCH3 is 1. The van der Waals surface area contributed by atoms with Gasteiger partial charge >= 0.3 is 5.97 Å². The molecule has 19 heavy (non-hydrogen) atoms.